The molecule has 7 nitrogen and oxygen atoms in total. The number of piperidine rings is 1. The van der Waals surface area contributed by atoms with Crippen LogP contribution in [0.1, 0.15) is 63.0 Å². The highest BCUT2D eigenvalue weighted by Gasteiger charge is 2.45. The molecule has 2 bridgehead atoms. The van der Waals surface area contributed by atoms with Gasteiger partial charge >= 0.3 is 0 Å². The number of nitrogens with one attached hydrogen (secondary N) is 4. The second kappa shape index (κ2) is 12.0. The van der Waals surface area contributed by atoms with Crippen LogP contribution < -0.4 is 21.3 Å². The van der Waals surface area contributed by atoms with E-state index in [0.29, 0.717) is 34.9 Å². The van der Waals surface area contributed by atoms with Crippen molar-refractivity contribution in [2.24, 2.45) is 23.2 Å². The molecule has 37 heavy (non-hydrogen) atoms. The fourth-order valence-electron chi connectivity index (χ4n) is 6.86. The molecule has 1 saturated heterocycles. The van der Waals surface area contributed by atoms with Crippen LogP contribution in [0.2, 0.25) is 5.02 Å². The highest BCUT2D eigenvalue weighted by molar-refractivity contribution is 6.31. The number of nitrogens with zero attached hydrogens (tertiary/aromatic N) is 3. The summed E-state index contributed by atoms with van der Waals surface area (Å²) in [4.78, 5) is 9.00. The van der Waals surface area contributed by atoms with Gasteiger partial charge in [0, 0.05) is 24.2 Å². The van der Waals surface area contributed by atoms with Gasteiger partial charge in [0.2, 0.25) is 5.95 Å². The molecule has 5 rings (SSSR count). The van der Waals surface area contributed by atoms with Crippen molar-refractivity contribution in [1.82, 2.24) is 20.6 Å². The maximum absolute atomic E-state index is 9.67. The minimum atomic E-state index is 0.186. The molecule has 8 heteroatoms. The zero-order chi connectivity index (χ0) is 25.7. The van der Waals surface area contributed by atoms with Gasteiger partial charge in [-0.05, 0) is 93.0 Å². The third-order valence-electron chi connectivity index (χ3n) is 8.76. The summed E-state index contributed by atoms with van der Waals surface area (Å²) in [7, 11) is 0. The van der Waals surface area contributed by atoms with Gasteiger partial charge in [0.15, 0.2) is 0 Å². The van der Waals surface area contributed by atoms with Crippen molar-refractivity contribution in [2.45, 2.75) is 64.5 Å². The number of halogens is 1. The van der Waals surface area contributed by atoms with Crippen LogP contribution >= 0.6 is 11.6 Å². The van der Waals surface area contributed by atoms with Crippen molar-refractivity contribution >= 4 is 23.4 Å². The van der Waals surface area contributed by atoms with Crippen LogP contribution in [-0.2, 0) is 6.54 Å². The van der Waals surface area contributed by atoms with E-state index in [0.717, 1.165) is 29.9 Å². The van der Waals surface area contributed by atoms with Gasteiger partial charge < -0.3 is 21.3 Å². The van der Waals surface area contributed by atoms with E-state index < -0.39 is 0 Å². The predicted octanol–water partition coefficient (Wildman–Crippen LogP) is 5.20. The Morgan fingerprint density at radius 2 is 1.86 bits per heavy atom. The molecule has 2 aliphatic carbocycles. The molecule has 2 saturated carbocycles. The van der Waals surface area contributed by atoms with E-state index in [-0.39, 0.29) is 5.41 Å². The Balaban J connectivity index is 1.20. The molecule has 4 N–H and O–H groups in total. The fourth-order valence-corrected chi connectivity index (χ4v) is 7.06. The Bertz CT molecular complexity index is 1080. The maximum atomic E-state index is 9.67. The molecular formula is C29H40ClN7. The number of benzene rings is 1. The van der Waals surface area contributed by atoms with Crippen LogP contribution in [0.15, 0.2) is 30.5 Å². The Labute approximate surface area is 226 Å². The van der Waals surface area contributed by atoms with Gasteiger partial charge in [0.05, 0.1) is 6.20 Å². The van der Waals surface area contributed by atoms with Crippen LogP contribution in [0.25, 0.3) is 0 Å². The van der Waals surface area contributed by atoms with Crippen LogP contribution in [0.4, 0.5) is 11.8 Å². The summed E-state index contributed by atoms with van der Waals surface area (Å²) in [5.74, 6) is 3.38. The van der Waals surface area contributed by atoms with Gasteiger partial charge in [-0.1, -0.05) is 43.1 Å². The Kier molecular flexibility index (Phi) is 8.49. The molecule has 1 aliphatic heterocycles. The van der Waals surface area contributed by atoms with Crippen molar-refractivity contribution < 1.29 is 0 Å². The van der Waals surface area contributed by atoms with Crippen molar-refractivity contribution in [2.75, 3.05) is 36.8 Å². The molecule has 2 aromatic rings. The molecule has 4 atom stereocenters. The highest BCUT2D eigenvalue weighted by atomic mass is 35.5. The summed E-state index contributed by atoms with van der Waals surface area (Å²) in [5.41, 5.74) is 1.64. The SMILES string of the molecule is CC1(CNc2nc(NCc3ccccc3Cl)ncc2C#N)C[C@H]2CCC[C@@H](C1)[C@@H]2NCC1CCNCC1. The third kappa shape index (κ3) is 6.54. The zero-order valence-electron chi connectivity index (χ0n) is 21.9. The second-order valence-corrected chi connectivity index (χ2v) is 12.1. The maximum Gasteiger partial charge on any atom is 0.224 e. The Hall–Kier alpha value is -2.40. The van der Waals surface area contributed by atoms with E-state index in [4.69, 9.17) is 11.6 Å². The molecule has 0 radical (unpaired) electrons. The number of anilines is 2. The molecule has 3 aliphatic rings. The van der Waals surface area contributed by atoms with Crippen LogP contribution in [0.5, 0.6) is 0 Å². The van der Waals surface area contributed by atoms with E-state index in [1.807, 2.05) is 24.3 Å². The Morgan fingerprint density at radius 3 is 2.59 bits per heavy atom. The van der Waals surface area contributed by atoms with Crippen LogP contribution in [0.3, 0.4) is 0 Å². The summed E-state index contributed by atoms with van der Waals surface area (Å²) in [6.07, 6.45) is 10.6. The van der Waals surface area contributed by atoms with Crippen LogP contribution in [0, 0.1) is 34.5 Å². The molecule has 0 amide bonds. The topological polar surface area (TPSA) is 97.7 Å². The van der Waals surface area contributed by atoms with Crippen molar-refractivity contribution in [3.05, 3.63) is 46.6 Å². The summed E-state index contributed by atoms with van der Waals surface area (Å²) in [5, 5.41) is 24.7. The molecule has 0 spiro atoms. The minimum absolute atomic E-state index is 0.186. The average molecular weight is 522 g/mol. The van der Waals surface area contributed by atoms with Crippen molar-refractivity contribution in [1.29, 1.82) is 5.26 Å². The van der Waals surface area contributed by atoms with Gasteiger partial charge in [-0.2, -0.15) is 10.2 Å². The number of hydrogen-bond donors (Lipinski definition) is 4. The number of fused-ring (bicyclic) bond motifs is 2. The summed E-state index contributed by atoms with van der Waals surface area (Å²) in [6.45, 7) is 7.26. The zero-order valence-corrected chi connectivity index (χ0v) is 22.7. The summed E-state index contributed by atoms with van der Waals surface area (Å²) < 4.78 is 0. The number of aromatic nitrogens is 2. The highest BCUT2D eigenvalue weighted by Crippen LogP contribution is 2.49. The lowest BCUT2D eigenvalue weighted by molar-refractivity contribution is 0.0352. The molecule has 3 fully saturated rings. The number of rotatable bonds is 9. The fraction of sp³-hybridized carbons (Fsp3) is 0.621. The predicted molar refractivity (Wildman–Crippen MR) is 150 cm³/mol. The first-order valence-corrected chi connectivity index (χ1v) is 14.3. The van der Waals surface area contributed by atoms with E-state index in [1.165, 1.54) is 64.6 Å². The molecule has 1 aromatic carbocycles. The molecule has 1 unspecified atom stereocenters. The van der Waals surface area contributed by atoms with Gasteiger partial charge in [-0.25, -0.2) is 4.98 Å². The molecule has 198 valence electrons. The van der Waals surface area contributed by atoms with Crippen molar-refractivity contribution in [3.63, 3.8) is 0 Å². The summed E-state index contributed by atoms with van der Waals surface area (Å²) >= 11 is 6.29. The van der Waals surface area contributed by atoms with Gasteiger partial charge in [0.1, 0.15) is 17.5 Å². The summed E-state index contributed by atoms with van der Waals surface area (Å²) in [6, 6.07) is 10.6. The molecular weight excluding hydrogens is 482 g/mol. The standard InChI is InChI=1S/C29H40ClN7/c1-29(13-21-6-4-7-22(14-29)26(21)33-16-20-9-11-32-12-10-20)19-36-27-24(15-31)18-35-28(37-27)34-17-23-5-2-3-8-25(23)30/h2-3,5,8,18,20-22,26,32-33H,4,6-7,9-14,16-17,19H2,1H3,(H2,34,35,36,37)/t21-,22+,26-,29?. The van der Waals surface area contributed by atoms with Crippen LogP contribution in [-0.4, -0.2) is 42.2 Å². The first-order valence-electron chi connectivity index (χ1n) is 14.0. The lowest BCUT2D eigenvalue weighted by Crippen LogP contribution is -2.54. The third-order valence-corrected chi connectivity index (χ3v) is 9.13. The van der Waals surface area contributed by atoms with E-state index >= 15 is 0 Å². The van der Waals surface area contributed by atoms with Gasteiger partial charge in [-0.15, -0.1) is 0 Å². The lowest BCUT2D eigenvalue weighted by atomic mass is 9.59. The van der Waals surface area contributed by atoms with Gasteiger partial charge in [0.25, 0.3) is 0 Å². The largest absolute Gasteiger partial charge is 0.368 e. The minimum Gasteiger partial charge on any atom is -0.368 e. The lowest BCUT2D eigenvalue weighted by Gasteiger charge is -2.51. The first kappa shape index (κ1) is 26.2. The smallest absolute Gasteiger partial charge is 0.224 e. The molecule has 1 aromatic heterocycles. The van der Waals surface area contributed by atoms with Gasteiger partial charge in [-0.3, -0.25) is 0 Å². The average Bonchev–Trinajstić information content (AvgIpc) is 2.91. The quantitative estimate of drug-likeness (QED) is 0.360. The second-order valence-electron chi connectivity index (χ2n) is 11.7. The first-order chi connectivity index (χ1) is 18.0. The molecule has 2 heterocycles. The Morgan fingerprint density at radius 1 is 1.11 bits per heavy atom. The van der Waals surface area contributed by atoms with E-state index in [1.54, 1.807) is 6.20 Å². The van der Waals surface area contributed by atoms with Crippen molar-refractivity contribution in [3.8, 4) is 6.07 Å². The van der Waals surface area contributed by atoms with E-state index in [9.17, 15) is 5.26 Å². The number of hydrogen-bond acceptors (Lipinski definition) is 7. The van der Waals surface area contributed by atoms with E-state index in [2.05, 4.69) is 44.2 Å². The number of nitriles is 1. The monoisotopic (exact) mass is 521 g/mol. The normalized spacial score (nSPS) is 27.9.